The van der Waals surface area contributed by atoms with Crippen molar-refractivity contribution >= 4 is 21.4 Å². The maximum absolute atomic E-state index is 11.5. The van der Waals surface area contributed by atoms with Crippen LogP contribution >= 0.6 is 11.6 Å². The zero-order valence-corrected chi connectivity index (χ0v) is 8.93. The number of hydrogen-bond acceptors (Lipinski definition) is 3. The summed E-state index contributed by atoms with van der Waals surface area (Å²) in [4.78, 5) is 3.75. The van der Waals surface area contributed by atoms with E-state index in [1.54, 1.807) is 13.8 Å². The third kappa shape index (κ3) is 2.19. The molecule has 72 valence electrons. The van der Waals surface area contributed by atoms with Gasteiger partial charge in [0.2, 0.25) is 0 Å². The van der Waals surface area contributed by atoms with Gasteiger partial charge in [-0.25, -0.2) is 13.4 Å². The molecule has 0 aliphatic heterocycles. The molecule has 0 spiro atoms. The summed E-state index contributed by atoms with van der Waals surface area (Å²) < 4.78 is 23.1. The Labute approximate surface area is 82.7 Å². The van der Waals surface area contributed by atoms with E-state index in [4.69, 9.17) is 11.6 Å². The Morgan fingerprint density at radius 3 is 2.38 bits per heavy atom. The Morgan fingerprint density at radius 2 is 2.00 bits per heavy atom. The number of nitrogens with zero attached hydrogens (tertiary/aromatic N) is 1. The fourth-order valence-electron chi connectivity index (χ4n) is 0.772. The second kappa shape index (κ2) is 3.64. The van der Waals surface area contributed by atoms with Crippen LogP contribution in [-0.2, 0) is 9.84 Å². The standard InChI is InChI=1S/C8H10ClNO2S/c1-6(2)13(11,12)8-4-3-7(9)5-10-8/h3-6H,1-2H3. The zero-order valence-electron chi connectivity index (χ0n) is 7.36. The minimum atomic E-state index is -3.26. The van der Waals surface area contributed by atoms with Crippen LogP contribution in [0.5, 0.6) is 0 Å². The van der Waals surface area contributed by atoms with E-state index < -0.39 is 15.1 Å². The Morgan fingerprint density at radius 1 is 1.38 bits per heavy atom. The van der Waals surface area contributed by atoms with Crippen LogP contribution in [0.4, 0.5) is 0 Å². The molecule has 0 unspecified atom stereocenters. The van der Waals surface area contributed by atoms with Crippen LogP contribution in [0.25, 0.3) is 0 Å². The van der Waals surface area contributed by atoms with Gasteiger partial charge in [-0.15, -0.1) is 0 Å². The fourth-order valence-corrected chi connectivity index (χ4v) is 1.82. The highest BCUT2D eigenvalue weighted by atomic mass is 35.5. The SMILES string of the molecule is CC(C)S(=O)(=O)c1ccc(Cl)cn1. The molecule has 0 aliphatic rings. The summed E-state index contributed by atoms with van der Waals surface area (Å²) >= 11 is 5.58. The van der Waals surface area contributed by atoms with Crippen LogP contribution in [0, 0.1) is 0 Å². The number of pyridine rings is 1. The molecular formula is C8H10ClNO2S. The second-order valence-corrected chi connectivity index (χ2v) is 5.80. The zero-order chi connectivity index (χ0) is 10.1. The van der Waals surface area contributed by atoms with E-state index in [9.17, 15) is 8.42 Å². The summed E-state index contributed by atoms with van der Waals surface area (Å²) in [6.07, 6.45) is 1.33. The second-order valence-electron chi connectivity index (χ2n) is 2.91. The number of rotatable bonds is 2. The van der Waals surface area contributed by atoms with Gasteiger partial charge in [0.15, 0.2) is 14.9 Å². The number of sulfone groups is 1. The molecule has 1 aromatic rings. The lowest BCUT2D eigenvalue weighted by Crippen LogP contribution is -2.15. The molecule has 13 heavy (non-hydrogen) atoms. The van der Waals surface area contributed by atoms with Crippen molar-refractivity contribution in [3.8, 4) is 0 Å². The van der Waals surface area contributed by atoms with Crippen LogP contribution in [0.15, 0.2) is 23.4 Å². The van der Waals surface area contributed by atoms with Gasteiger partial charge >= 0.3 is 0 Å². The summed E-state index contributed by atoms with van der Waals surface area (Å²) in [6, 6.07) is 2.93. The molecule has 0 aliphatic carbocycles. The largest absolute Gasteiger partial charge is 0.243 e. The van der Waals surface area contributed by atoms with Gasteiger partial charge in [0.25, 0.3) is 0 Å². The normalized spacial score (nSPS) is 12.0. The summed E-state index contributed by atoms with van der Waals surface area (Å²) in [5.74, 6) is 0. The molecule has 5 heteroatoms. The molecule has 0 saturated heterocycles. The van der Waals surface area contributed by atoms with Crippen molar-refractivity contribution in [3.63, 3.8) is 0 Å². The van der Waals surface area contributed by atoms with Gasteiger partial charge in [-0.2, -0.15) is 0 Å². The molecule has 0 saturated carbocycles. The Kier molecular flexibility index (Phi) is 2.93. The van der Waals surface area contributed by atoms with Gasteiger partial charge < -0.3 is 0 Å². The predicted molar refractivity (Wildman–Crippen MR) is 51.6 cm³/mol. The third-order valence-corrected chi connectivity index (χ3v) is 3.90. The van der Waals surface area contributed by atoms with Gasteiger partial charge in [-0.05, 0) is 26.0 Å². The molecule has 1 aromatic heterocycles. The monoisotopic (exact) mass is 219 g/mol. The number of hydrogen-bond donors (Lipinski definition) is 0. The quantitative estimate of drug-likeness (QED) is 0.764. The Bertz CT molecular complexity index is 383. The van der Waals surface area contributed by atoms with E-state index >= 15 is 0 Å². The topological polar surface area (TPSA) is 47.0 Å². The van der Waals surface area contributed by atoms with Crippen LogP contribution < -0.4 is 0 Å². The van der Waals surface area contributed by atoms with Crippen molar-refractivity contribution in [1.82, 2.24) is 4.98 Å². The average Bonchev–Trinajstić information content (AvgIpc) is 2.04. The number of aromatic nitrogens is 1. The van der Waals surface area contributed by atoms with Crippen molar-refractivity contribution in [2.45, 2.75) is 24.1 Å². The first kappa shape index (κ1) is 10.5. The molecule has 0 bridgehead atoms. The highest BCUT2D eigenvalue weighted by Crippen LogP contribution is 2.15. The van der Waals surface area contributed by atoms with E-state index in [1.165, 1.54) is 18.3 Å². The summed E-state index contributed by atoms with van der Waals surface area (Å²) in [5.41, 5.74) is 0. The smallest absolute Gasteiger partial charge is 0.197 e. The summed E-state index contributed by atoms with van der Waals surface area (Å²) in [7, 11) is -3.26. The van der Waals surface area contributed by atoms with E-state index in [0.29, 0.717) is 5.02 Å². The van der Waals surface area contributed by atoms with Crippen molar-refractivity contribution < 1.29 is 8.42 Å². The highest BCUT2D eigenvalue weighted by molar-refractivity contribution is 7.91. The van der Waals surface area contributed by atoms with Gasteiger partial charge in [-0.1, -0.05) is 11.6 Å². The molecule has 0 fully saturated rings. The first-order chi connectivity index (χ1) is 5.94. The fraction of sp³-hybridized carbons (Fsp3) is 0.375. The van der Waals surface area contributed by atoms with Crippen LogP contribution in [0.3, 0.4) is 0 Å². The lowest BCUT2D eigenvalue weighted by atomic mass is 10.5. The minimum Gasteiger partial charge on any atom is -0.243 e. The maximum Gasteiger partial charge on any atom is 0.197 e. The highest BCUT2D eigenvalue weighted by Gasteiger charge is 2.19. The van der Waals surface area contributed by atoms with E-state index in [0.717, 1.165) is 0 Å². The van der Waals surface area contributed by atoms with Crippen LogP contribution in [-0.4, -0.2) is 18.7 Å². The number of halogens is 1. The molecule has 0 atom stereocenters. The summed E-state index contributed by atoms with van der Waals surface area (Å²) in [5, 5.41) is 0.0516. The molecule has 1 rings (SSSR count). The molecular weight excluding hydrogens is 210 g/mol. The van der Waals surface area contributed by atoms with Crippen LogP contribution in [0.2, 0.25) is 5.02 Å². The van der Waals surface area contributed by atoms with Crippen molar-refractivity contribution in [2.75, 3.05) is 0 Å². The van der Waals surface area contributed by atoms with Gasteiger partial charge in [0.05, 0.1) is 10.3 Å². The van der Waals surface area contributed by atoms with Crippen molar-refractivity contribution in [1.29, 1.82) is 0 Å². The van der Waals surface area contributed by atoms with E-state index in [1.807, 2.05) is 0 Å². The van der Waals surface area contributed by atoms with E-state index in [-0.39, 0.29) is 5.03 Å². The molecule has 1 heterocycles. The lowest BCUT2D eigenvalue weighted by molar-refractivity contribution is 0.583. The molecule has 3 nitrogen and oxygen atoms in total. The van der Waals surface area contributed by atoms with Crippen molar-refractivity contribution in [2.24, 2.45) is 0 Å². The first-order valence-electron chi connectivity index (χ1n) is 3.80. The molecule has 0 radical (unpaired) electrons. The maximum atomic E-state index is 11.5. The third-order valence-electron chi connectivity index (χ3n) is 1.61. The molecule has 0 aromatic carbocycles. The van der Waals surface area contributed by atoms with Crippen LogP contribution in [0.1, 0.15) is 13.8 Å². The van der Waals surface area contributed by atoms with Gasteiger partial charge in [0.1, 0.15) is 0 Å². The molecule has 0 N–H and O–H groups in total. The summed E-state index contributed by atoms with van der Waals surface area (Å²) in [6.45, 7) is 3.23. The van der Waals surface area contributed by atoms with Gasteiger partial charge in [-0.3, -0.25) is 0 Å². The molecule has 0 amide bonds. The average molecular weight is 220 g/mol. The lowest BCUT2D eigenvalue weighted by Gasteiger charge is -2.05. The Hall–Kier alpha value is -0.610. The van der Waals surface area contributed by atoms with E-state index in [2.05, 4.69) is 4.98 Å². The first-order valence-corrected chi connectivity index (χ1v) is 5.72. The predicted octanol–water partition coefficient (Wildman–Crippen LogP) is 1.92. The van der Waals surface area contributed by atoms with Crippen molar-refractivity contribution in [3.05, 3.63) is 23.4 Å². The Balaban J connectivity index is 3.17. The van der Waals surface area contributed by atoms with Gasteiger partial charge in [0, 0.05) is 6.20 Å². The minimum absolute atomic E-state index is 0.0758.